The minimum absolute atomic E-state index is 0.111. The first kappa shape index (κ1) is 12.5. The van der Waals surface area contributed by atoms with E-state index in [2.05, 4.69) is 0 Å². The van der Waals surface area contributed by atoms with Crippen LogP contribution in [0.1, 0.15) is 18.9 Å². The van der Waals surface area contributed by atoms with Crippen molar-refractivity contribution in [3.63, 3.8) is 0 Å². The van der Waals surface area contributed by atoms with E-state index in [0.717, 1.165) is 6.07 Å². The zero-order valence-corrected chi connectivity index (χ0v) is 8.74. The molecule has 1 unspecified atom stereocenters. The summed E-state index contributed by atoms with van der Waals surface area (Å²) in [6, 6.07) is 1.33. The van der Waals surface area contributed by atoms with Gasteiger partial charge in [0.25, 0.3) is 0 Å². The molecule has 1 atom stereocenters. The molecule has 0 saturated carbocycles. The van der Waals surface area contributed by atoms with Crippen molar-refractivity contribution in [3.8, 4) is 0 Å². The van der Waals surface area contributed by atoms with E-state index in [4.69, 9.17) is 5.73 Å². The van der Waals surface area contributed by atoms with Crippen molar-refractivity contribution in [2.75, 3.05) is 0 Å². The van der Waals surface area contributed by atoms with Gasteiger partial charge in [-0.25, -0.2) is 4.39 Å². The number of aryl methyl sites for hydroxylation is 1. The van der Waals surface area contributed by atoms with Crippen LogP contribution in [-0.4, -0.2) is 11.0 Å². The molecule has 4 nitrogen and oxygen atoms in total. The number of halogens is 2. The van der Waals surface area contributed by atoms with Crippen molar-refractivity contribution >= 4 is 5.69 Å². The van der Waals surface area contributed by atoms with Gasteiger partial charge in [-0.2, -0.15) is 4.39 Å². The van der Waals surface area contributed by atoms with Gasteiger partial charge in [0.15, 0.2) is 0 Å². The third-order valence-corrected chi connectivity index (χ3v) is 2.18. The van der Waals surface area contributed by atoms with Gasteiger partial charge in [-0.15, -0.1) is 0 Å². The van der Waals surface area contributed by atoms with Gasteiger partial charge < -0.3 is 5.73 Å². The normalized spacial score (nSPS) is 12.5. The summed E-state index contributed by atoms with van der Waals surface area (Å²) in [5.41, 5.74) is 4.75. The monoisotopic (exact) mass is 230 g/mol. The van der Waals surface area contributed by atoms with E-state index in [9.17, 15) is 18.9 Å². The highest BCUT2D eigenvalue weighted by Gasteiger charge is 2.18. The predicted molar refractivity (Wildman–Crippen MR) is 55.0 cm³/mol. The fraction of sp³-hybridized carbons (Fsp3) is 0.400. The molecule has 2 N–H and O–H groups in total. The van der Waals surface area contributed by atoms with E-state index < -0.39 is 22.2 Å². The number of nitrogens with two attached hydrogens (primary N) is 1. The Balaban J connectivity index is 2.96. The maximum absolute atomic E-state index is 13.3. The molecular weight excluding hydrogens is 218 g/mol. The number of rotatable bonds is 4. The Morgan fingerprint density at radius 2 is 2.06 bits per heavy atom. The van der Waals surface area contributed by atoms with E-state index in [1.54, 1.807) is 6.92 Å². The summed E-state index contributed by atoms with van der Waals surface area (Å²) in [5, 5.41) is 10.3. The molecule has 1 aromatic carbocycles. The van der Waals surface area contributed by atoms with Crippen LogP contribution in [-0.2, 0) is 6.42 Å². The van der Waals surface area contributed by atoms with Crippen LogP contribution >= 0.6 is 0 Å². The predicted octanol–water partition coefficient (Wildman–Crippen LogP) is 2.15. The number of nitro groups is 1. The van der Waals surface area contributed by atoms with Crippen molar-refractivity contribution in [2.24, 2.45) is 5.73 Å². The highest BCUT2D eigenvalue weighted by Crippen LogP contribution is 2.22. The zero-order valence-electron chi connectivity index (χ0n) is 8.74. The maximum Gasteiger partial charge on any atom is 0.307 e. The van der Waals surface area contributed by atoms with Gasteiger partial charge in [-0.05, 0) is 31.4 Å². The Kier molecular flexibility index (Phi) is 3.89. The summed E-state index contributed by atoms with van der Waals surface area (Å²) < 4.78 is 26.5. The minimum Gasteiger partial charge on any atom is -0.328 e. The molecule has 0 aliphatic carbocycles. The average Bonchev–Trinajstić information content (AvgIpc) is 2.18. The van der Waals surface area contributed by atoms with E-state index in [0.29, 0.717) is 12.5 Å². The molecular formula is C10H12F2N2O2. The van der Waals surface area contributed by atoms with Gasteiger partial charge >= 0.3 is 5.69 Å². The zero-order chi connectivity index (χ0) is 12.3. The lowest BCUT2D eigenvalue weighted by Gasteiger charge is -2.06. The molecule has 0 radical (unpaired) electrons. The van der Waals surface area contributed by atoms with Crippen molar-refractivity contribution < 1.29 is 13.7 Å². The van der Waals surface area contributed by atoms with Gasteiger partial charge in [0, 0.05) is 6.04 Å². The fourth-order valence-electron chi connectivity index (χ4n) is 1.29. The van der Waals surface area contributed by atoms with Crippen LogP contribution in [0.5, 0.6) is 0 Å². The highest BCUT2D eigenvalue weighted by atomic mass is 19.1. The Bertz CT molecular complexity index is 408. The lowest BCUT2D eigenvalue weighted by molar-refractivity contribution is -0.387. The number of nitrogens with zero attached hydrogens (tertiary/aromatic N) is 1. The molecule has 6 heteroatoms. The van der Waals surface area contributed by atoms with Gasteiger partial charge in [-0.1, -0.05) is 0 Å². The number of hydrogen-bond donors (Lipinski definition) is 1. The van der Waals surface area contributed by atoms with Gasteiger partial charge in [0.2, 0.25) is 5.82 Å². The highest BCUT2D eigenvalue weighted by molar-refractivity contribution is 5.36. The van der Waals surface area contributed by atoms with E-state index in [1.807, 2.05) is 0 Å². The lowest BCUT2D eigenvalue weighted by atomic mass is 10.1. The Morgan fingerprint density at radius 3 is 2.56 bits per heavy atom. The Morgan fingerprint density at radius 1 is 1.44 bits per heavy atom. The first-order valence-corrected chi connectivity index (χ1v) is 4.79. The lowest BCUT2D eigenvalue weighted by Crippen LogP contribution is -2.15. The molecule has 0 heterocycles. The third kappa shape index (κ3) is 2.96. The van der Waals surface area contributed by atoms with Crippen LogP contribution in [0, 0.1) is 21.7 Å². The molecule has 0 amide bonds. The SMILES string of the molecule is CC(N)CCc1cc(F)c([N+](=O)[O-])cc1F. The van der Waals surface area contributed by atoms with Crippen LogP contribution in [0.3, 0.4) is 0 Å². The molecule has 0 saturated heterocycles. The summed E-state index contributed by atoms with van der Waals surface area (Å²) in [7, 11) is 0. The fourth-order valence-corrected chi connectivity index (χ4v) is 1.29. The second kappa shape index (κ2) is 4.98. The average molecular weight is 230 g/mol. The Labute approximate surface area is 91.2 Å². The summed E-state index contributed by atoms with van der Waals surface area (Å²) in [6.45, 7) is 1.75. The molecule has 1 rings (SSSR count). The van der Waals surface area contributed by atoms with Crippen molar-refractivity contribution in [1.82, 2.24) is 0 Å². The molecule has 0 aliphatic rings. The second-order valence-electron chi connectivity index (χ2n) is 3.67. The number of nitro benzene ring substituents is 1. The summed E-state index contributed by atoms with van der Waals surface area (Å²) in [5.74, 6) is -1.79. The van der Waals surface area contributed by atoms with Gasteiger partial charge in [0.1, 0.15) is 5.82 Å². The Hall–Kier alpha value is -1.56. The summed E-state index contributed by atoms with van der Waals surface area (Å²) in [6.07, 6.45) is 0.757. The minimum atomic E-state index is -1.02. The van der Waals surface area contributed by atoms with Crippen LogP contribution in [0.25, 0.3) is 0 Å². The van der Waals surface area contributed by atoms with Crippen LogP contribution < -0.4 is 5.73 Å². The largest absolute Gasteiger partial charge is 0.328 e. The maximum atomic E-state index is 13.3. The topological polar surface area (TPSA) is 69.2 Å². The van der Waals surface area contributed by atoms with Gasteiger partial charge in [-0.3, -0.25) is 10.1 Å². The van der Waals surface area contributed by atoms with E-state index in [1.165, 1.54) is 0 Å². The molecule has 1 aromatic rings. The van der Waals surface area contributed by atoms with Crippen molar-refractivity contribution in [2.45, 2.75) is 25.8 Å². The van der Waals surface area contributed by atoms with Crippen LogP contribution in [0.15, 0.2) is 12.1 Å². The smallest absolute Gasteiger partial charge is 0.307 e. The summed E-state index contributed by atoms with van der Waals surface area (Å²) >= 11 is 0. The standard InChI is InChI=1S/C10H12F2N2O2/c1-6(13)2-3-7-4-9(12)10(14(15)16)5-8(7)11/h4-6H,2-3,13H2,1H3. The van der Waals surface area contributed by atoms with E-state index >= 15 is 0 Å². The molecule has 0 fully saturated rings. The molecule has 0 spiro atoms. The second-order valence-corrected chi connectivity index (χ2v) is 3.67. The van der Waals surface area contributed by atoms with Crippen molar-refractivity contribution in [1.29, 1.82) is 0 Å². The molecule has 88 valence electrons. The molecule has 16 heavy (non-hydrogen) atoms. The quantitative estimate of drug-likeness (QED) is 0.636. The van der Waals surface area contributed by atoms with Crippen molar-refractivity contribution in [3.05, 3.63) is 39.4 Å². The number of benzene rings is 1. The number of hydrogen-bond acceptors (Lipinski definition) is 3. The van der Waals surface area contributed by atoms with Gasteiger partial charge in [0.05, 0.1) is 11.0 Å². The molecule has 0 aliphatic heterocycles. The van der Waals surface area contributed by atoms with Crippen LogP contribution in [0.4, 0.5) is 14.5 Å². The third-order valence-electron chi connectivity index (χ3n) is 2.18. The molecule has 0 bridgehead atoms. The van der Waals surface area contributed by atoms with E-state index in [-0.39, 0.29) is 18.0 Å². The first-order chi connectivity index (χ1) is 7.41. The molecule has 0 aromatic heterocycles. The first-order valence-electron chi connectivity index (χ1n) is 4.79. The summed E-state index contributed by atoms with van der Waals surface area (Å²) in [4.78, 5) is 9.38. The van der Waals surface area contributed by atoms with Crippen LogP contribution in [0.2, 0.25) is 0 Å².